The number of ketones is 1. The standard InChI is InChI=1S/C18H17FO3/c1-12(13(2)20)18(21)16-10-15(19)8-9-17(16)22-11-14-6-4-3-5-7-14/h3-10,13,20H,1,11H2,2H3. The van der Waals surface area contributed by atoms with Gasteiger partial charge in [-0.3, -0.25) is 4.79 Å². The molecule has 1 unspecified atom stereocenters. The smallest absolute Gasteiger partial charge is 0.194 e. The van der Waals surface area contributed by atoms with Crippen molar-refractivity contribution in [2.75, 3.05) is 0 Å². The molecule has 1 atom stereocenters. The average Bonchev–Trinajstić information content (AvgIpc) is 2.53. The van der Waals surface area contributed by atoms with Gasteiger partial charge in [-0.2, -0.15) is 0 Å². The van der Waals surface area contributed by atoms with Gasteiger partial charge in [-0.05, 0) is 30.7 Å². The van der Waals surface area contributed by atoms with Crippen molar-refractivity contribution in [2.24, 2.45) is 0 Å². The zero-order valence-corrected chi connectivity index (χ0v) is 12.3. The fourth-order valence-electron chi connectivity index (χ4n) is 1.90. The van der Waals surface area contributed by atoms with Crippen molar-refractivity contribution in [1.82, 2.24) is 0 Å². The summed E-state index contributed by atoms with van der Waals surface area (Å²) in [6.07, 6.45) is -1.00. The Bertz CT molecular complexity index is 678. The predicted molar refractivity (Wildman–Crippen MR) is 82.3 cm³/mol. The van der Waals surface area contributed by atoms with Crippen molar-refractivity contribution in [3.05, 3.63) is 77.6 Å². The van der Waals surface area contributed by atoms with E-state index in [-0.39, 0.29) is 23.5 Å². The van der Waals surface area contributed by atoms with E-state index in [0.717, 1.165) is 11.6 Å². The molecule has 0 aliphatic carbocycles. The maximum Gasteiger partial charge on any atom is 0.194 e. The molecule has 1 N–H and O–H groups in total. The number of rotatable bonds is 6. The number of hydrogen-bond donors (Lipinski definition) is 1. The van der Waals surface area contributed by atoms with Gasteiger partial charge in [-0.1, -0.05) is 36.9 Å². The highest BCUT2D eigenvalue weighted by molar-refractivity contribution is 6.10. The molecule has 0 aliphatic heterocycles. The number of aliphatic hydroxyl groups excluding tert-OH is 1. The number of halogens is 1. The summed E-state index contributed by atoms with van der Waals surface area (Å²) in [7, 11) is 0. The highest BCUT2D eigenvalue weighted by Gasteiger charge is 2.19. The van der Waals surface area contributed by atoms with Gasteiger partial charge in [0.1, 0.15) is 18.2 Å². The van der Waals surface area contributed by atoms with Gasteiger partial charge in [0.25, 0.3) is 0 Å². The second kappa shape index (κ2) is 7.00. The van der Waals surface area contributed by atoms with Crippen molar-refractivity contribution in [3.63, 3.8) is 0 Å². The van der Waals surface area contributed by atoms with Gasteiger partial charge in [0.15, 0.2) is 5.78 Å². The number of Topliss-reactive ketones (excluding diaryl/α,β-unsaturated/α-hetero) is 1. The average molecular weight is 300 g/mol. The zero-order chi connectivity index (χ0) is 16.1. The van der Waals surface area contributed by atoms with Crippen molar-refractivity contribution in [2.45, 2.75) is 19.6 Å². The lowest BCUT2D eigenvalue weighted by Crippen LogP contribution is -2.15. The Morgan fingerprint density at radius 1 is 1.27 bits per heavy atom. The van der Waals surface area contributed by atoms with E-state index in [1.165, 1.54) is 19.1 Å². The lowest BCUT2D eigenvalue weighted by molar-refractivity contribution is 0.0991. The Morgan fingerprint density at radius 2 is 1.95 bits per heavy atom. The Balaban J connectivity index is 2.24. The number of hydrogen-bond acceptors (Lipinski definition) is 3. The van der Waals surface area contributed by atoms with Gasteiger partial charge in [0, 0.05) is 5.57 Å². The number of aliphatic hydroxyl groups is 1. The van der Waals surface area contributed by atoms with Crippen molar-refractivity contribution >= 4 is 5.78 Å². The van der Waals surface area contributed by atoms with E-state index in [1.54, 1.807) is 0 Å². The largest absolute Gasteiger partial charge is 0.488 e. The van der Waals surface area contributed by atoms with Crippen LogP contribution in [0.1, 0.15) is 22.8 Å². The minimum absolute atomic E-state index is 0.00448. The Labute approximate surface area is 128 Å². The molecular weight excluding hydrogens is 283 g/mol. The van der Waals surface area contributed by atoms with Crippen LogP contribution in [0.5, 0.6) is 5.75 Å². The Morgan fingerprint density at radius 3 is 2.59 bits per heavy atom. The van der Waals surface area contributed by atoms with Gasteiger partial charge in [-0.15, -0.1) is 0 Å². The maximum absolute atomic E-state index is 13.4. The summed E-state index contributed by atoms with van der Waals surface area (Å²) in [6.45, 7) is 5.23. The molecule has 0 aromatic heterocycles. The topological polar surface area (TPSA) is 46.5 Å². The van der Waals surface area contributed by atoms with E-state index in [1.807, 2.05) is 30.3 Å². The first-order valence-corrected chi connectivity index (χ1v) is 6.87. The summed E-state index contributed by atoms with van der Waals surface area (Å²) in [4.78, 5) is 12.3. The van der Waals surface area contributed by atoms with Crippen LogP contribution in [0, 0.1) is 5.82 Å². The van der Waals surface area contributed by atoms with Crippen LogP contribution < -0.4 is 4.74 Å². The third-order valence-corrected chi connectivity index (χ3v) is 3.22. The van der Waals surface area contributed by atoms with Gasteiger partial charge >= 0.3 is 0 Å². The summed E-state index contributed by atoms with van der Waals surface area (Å²) in [5.41, 5.74) is 0.983. The molecule has 0 bridgehead atoms. The van der Waals surface area contributed by atoms with Gasteiger partial charge < -0.3 is 9.84 Å². The van der Waals surface area contributed by atoms with Crippen molar-refractivity contribution < 1.29 is 19.0 Å². The first-order chi connectivity index (χ1) is 10.5. The summed E-state index contributed by atoms with van der Waals surface area (Å²) in [5.74, 6) is -0.816. The van der Waals surface area contributed by atoms with Gasteiger partial charge in [0.05, 0.1) is 11.7 Å². The number of ether oxygens (including phenoxy) is 1. The molecule has 114 valence electrons. The first-order valence-electron chi connectivity index (χ1n) is 6.87. The second-order valence-electron chi connectivity index (χ2n) is 4.95. The molecule has 4 heteroatoms. The highest BCUT2D eigenvalue weighted by Crippen LogP contribution is 2.24. The minimum atomic E-state index is -1.00. The molecule has 22 heavy (non-hydrogen) atoms. The molecule has 2 rings (SSSR count). The maximum atomic E-state index is 13.4. The first kappa shape index (κ1) is 15.9. The minimum Gasteiger partial charge on any atom is -0.488 e. The van der Waals surface area contributed by atoms with Crippen LogP contribution in [0.3, 0.4) is 0 Å². The van der Waals surface area contributed by atoms with Crippen LogP contribution >= 0.6 is 0 Å². The number of carbonyl (C=O) groups is 1. The predicted octanol–water partition coefficient (Wildman–Crippen LogP) is 3.52. The summed E-state index contributed by atoms with van der Waals surface area (Å²) < 4.78 is 19.1. The van der Waals surface area contributed by atoms with E-state index in [4.69, 9.17) is 4.74 Å². The Kier molecular flexibility index (Phi) is 5.07. The monoisotopic (exact) mass is 300 g/mol. The van der Waals surface area contributed by atoms with Crippen molar-refractivity contribution in [3.8, 4) is 5.75 Å². The highest BCUT2D eigenvalue weighted by atomic mass is 19.1. The Hall–Kier alpha value is -2.46. The summed E-state index contributed by atoms with van der Waals surface area (Å²) >= 11 is 0. The van der Waals surface area contributed by atoms with E-state index < -0.39 is 17.7 Å². The fraction of sp³-hybridized carbons (Fsp3) is 0.167. The molecule has 0 spiro atoms. The van der Waals surface area contributed by atoms with E-state index in [9.17, 15) is 14.3 Å². The number of benzene rings is 2. The van der Waals surface area contributed by atoms with Crippen LogP contribution in [-0.4, -0.2) is 17.0 Å². The third kappa shape index (κ3) is 3.80. The zero-order valence-electron chi connectivity index (χ0n) is 12.3. The molecule has 2 aromatic rings. The quantitative estimate of drug-likeness (QED) is 0.656. The van der Waals surface area contributed by atoms with Gasteiger partial charge in [-0.25, -0.2) is 4.39 Å². The lowest BCUT2D eigenvalue weighted by atomic mass is 10.0. The third-order valence-electron chi connectivity index (χ3n) is 3.22. The van der Waals surface area contributed by atoms with Gasteiger partial charge in [0.2, 0.25) is 0 Å². The lowest BCUT2D eigenvalue weighted by Gasteiger charge is -2.13. The summed E-state index contributed by atoms with van der Waals surface area (Å²) in [5, 5.41) is 9.47. The molecule has 0 saturated heterocycles. The SMILES string of the molecule is C=C(C(=O)c1cc(F)ccc1OCc1ccccc1)C(C)O. The summed E-state index contributed by atoms with van der Waals surface area (Å²) in [6, 6.07) is 13.1. The van der Waals surface area contributed by atoms with Crippen molar-refractivity contribution in [1.29, 1.82) is 0 Å². The molecule has 0 amide bonds. The number of carbonyl (C=O) groups excluding carboxylic acids is 1. The van der Waals surface area contributed by atoms with E-state index >= 15 is 0 Å². The molecule has 0 radical (unpaired) electrons. The molecular formula is C18H17FO3. The van der Waals surface area contributed by atoms with Crippen LogP contribution in [0.25, 0.3) is 0 Å². The molecule has 0 saturated carbocycles. The molecule has 2 aromatic carbocycles. The molecule has 3 nitrogen and oxygen atoms in total. The van der Waals surface area contributed by atoms with Crippen LogP contribution in [0.15, 0.2) is 60.7 Å². The van der Waals surface area contributed by atoms with E-state index in [2.05, 4.69) is 6.58 Å². The fourth-order valence-corrected chi connectivity index (χ4v) is 1.90. The molecule has 0 fully saturated rings. The second-order valence-corrected chi connectivity index (χ2v) is 4.95. The van der Waals surface area contributed by atoms with E-state index in [0.29, 0.717) is 0 Å². The molecule has 0 aliphatic rings. The van der Waals surface area contributed by atoms with Crippen LogP contribution in [0.2, 0.25) is 0 Å². The van der Waals surface area contributed by atoms with Crippen LogP contribution in [0.4, 0.5) is 4.39 Å². The molecule has 0 heterocycles. The normalized spacial score (nSPS) is 11.8. The van der Waals surface area contributed by atoms with Crippen LogP contribution in [-0.2, 0) is 6.61 Å².